The monoisotopic (exact) mass is 376 g/mol. The second-order valence-corrected chi connectivity index (χ2v) is 6.21. The summed E-state index contributed by atoms with van der Waals surface area (Å²) < 4.78 is 38.1. The SMILES string of the molecule is CCC(CO)n1nnc(-c2ccccc2Cc2ccc(C(F)(F)F)cc2)n1. The largest absolute Gasteiger partial charge is 0.416 e. The van der Waals surface area contributed by atoms with Gasteiger partial charge in [-0.2, -0.15) is 18.0 Å². The number of halogens is 3. The number of aromatic nitrogens is 4. The third-order valence-electron chi connectivity index (χ3n) is 4.37. The van der Waals surface area contributed by atoms with E-state index in [-0.39, 0.29) is 12.6 Å². The standard InChI is InChI=1S/C19H19F3N4O/c1-2-16(12-27)26-24-18(23-25-26)17-6-4-3-5-14(17)11-13-7-9-15(10-8-13)19(20,21)22/h3-10,16,27H,2,11-12H2,1H3. The Balaban J connectivity index is 1.86. The summed E-state index contributed by atoms with van der Waals surface area (Å²) in [4.78, 5) is 1.39. The molecule has 0 amide bonds. The molecule has 0 fully saturated rings. The van der Waals surface area contributed by atoms with Gasteiger partial charge < -0.3 is 5.11 Å². The Labute approximate surface area is 154 Å². The number of hydrogen-bond donors (Lipinski definition) is 1. The fraction of sp³-hybridized carbons (Fsp3) is 0.316. The zero-order valence-electron chi connectivity index (χ0n) is 14.7. The number of rotatable bonds is 6. The summed E-state index contributed by atoms with van der Waals surface area (Å²) in [5, 5.41) is 21.8. The van der Waals surface area contributed by atoms with E-state index in [0.717, 1.165) is 28.8 Å². The fourth-order valence-corrected chi connectivity index (χ4v) is 2.78. The van der Waals surface area contributed by atoms with Crippen molar-refractivity contribution >= 4 is 0 Å². The molecule has 0 aliphatic rings. The molecule has 27 heavy (non-hydrogen) atoms. The fourth-order valence-electron chi connectivity index (χ4n) is 2.78. The minimum absolute atomic E-state index is 0.0838. The Kier molecular flexibility index (Phi) is 5.55. The molecule has 8 heteroatoms. The molecule has 3 rings (SSSR count). The summed E-state index contributed by atoms with van der Waals surface area (Å²) in [5.41, 5.74) is 1.73. The summed E-state index contributed by atoms with van der Waals surface area (Å²) >= 11 is 0. The van der Waals surface area contributed by atoms with Crippen LogP contribution in [-0.4, -0.2) is 31.9 Å². The zero-order chi connectivity index (χ0) is 19.4. The summed E-state index contributed by atoms with van der Waals surface area (Å²) in [5.74, 6) is 0.421. The second kappa shape index (κ2) is 7.87. The van der Waals surface area contributed by atoms with Gasteiger partial charge in [-0.15, -0.1) is 10.2 Å². The molecule has 1 heterocycles. The lowest BCUT2D eigenvalue weighted by atomic mass is 9.98. The van der Waals surface area contributed by atoms with Crippen molar-refractivity contribution < 1.29 is 18.3 Å². The van der Waals surface area contributed by atoms with Crippen LogP contribution in [0.5, 0.6) is 0 Å². The minimum atomic E-state index is -4.35. The van der Waals surface area contributed by atoms with Crippen molar-refractivity contribution in [3.05, 3.63) is 65.2 Å². The molecule has 0 spiro atoms. The van der Waals surface area contributed by atoms with Crippen LogP contribution in [0.25, 0.3) is 11.4 Å². The number of tetrazole rings is 1. The van der Waals surface area contributed by atoms with Crippen LogP contribution in [0, 0.1) is 0 Å². The first-order chi connectivity index (χ1) is 12.9. The number of aliphatic hydroxyl groups excluding tert-OH is 1. The van der Waals surface area contributed by atoms with Gasteiger partial charge in [0.25, 0.3) is 0 Å². The average Bonchev–Trinajstić information content (AvgIpc) is 3.13. The van der Waals surface area contributed by atoms with Gasteiger partial charge in [0.15, 0.2) is 0 Å². The molecule has 1 N–H and O–H groups in total. The van der Waals surface area contributed by atoms with Crippen molar-refractivity contribution in [2.75, 3.05) is 6.61 Å². The van der Waals surface area contributed by atoms with Gasteiger partial charge in [0.05, 0.1) is 18.2 Å². The van der Waals surface area contributed by atoms with Crippen LogP contribution < -0.4 is 0 Å². The molecule has 0 bridgehead atoms. The molecule has 5 nitrogen and oxygen atoms in total. The molecular formula is C19H19F3N4O. The van der Waals surface area contributed by atoms with Crippen molar-refractivity contribution in [1.29, 1.82) is 0 Å². The maximum atomic E-state index is 12.7. The van der Waals surface area contributed by atoms with Gasteiger partial charge in [0.1, 0.15) is 0 Å². The molecule has 0 aliphatic heterocycles. The normalized spacial score (nSPS) is 12.9. The van der Waals surface area contributed by atoms with Gasteiger partial charge in [-0.1, -0.05) is 43.3 Å². The lowest BCUT2D eigenvalue weighted by Crippen LogP contribution is -2.15. The van der Waals surface area contributed by atoms with E-state index in [4.69, 9.17) is 0 Å². The van der Waals surface area contributed by atoms with Crippen LogP contribution in [0.1, 0.15) is 36.1 Å². The van der Waals surface area contributed by atoms with E-state index in [9.17, 15) is 18.3 Å². The van der Waals surface area contributed by atoms with E-state index in [1.54, 1.807) is 0 Å². The highest BCUT2D eigenvalue weighted by Crippen LogP contribution is 2.30. The van der Waals surface area contributed by atoms with Crippen LogP contribution in [0.2, 0.25) is 0 Å². The highest BCUT2D eigenvalue weighted by molar-refractivity contribution is 5.60. The van der Waals surface area contributed by atoms with Crippen molar-refractivity contribution in [3.63, 3.8) is 0 Å². The van der Waals surface area contributed by atoms with Gasteiger partial charge in [-0.3, -0.25) is 0 Å². The molecule has 3 aromatic rings. The highest BCUT2D eigenvalue weighted by Gasteiger charge is 2.29. The summed E-state index contributed by atoms with van der Waals surface area (Å²) in [6.45, 7) is 1.84. The van der Waals surface area contributed by atoms with Gasteiger partial charge >= 0.3 is 6.18 Å². The van der Waals surface area contributed by atoms with Gasteiger partial charge in [-0.25, -0.2) is 0 Å². The van der Waals surface area contributed by atoms with Gasteiger partial charge in [0.2, 0.25) is 5.82 Å². The van der Waals surface area contributed by atoms with Crippen LogP contribution in [0.15, 0.2) is 48.5 Å². The highest BCUT2D eigenvalue weighted by atomic mass is 19.4. The first-order valence-electron chi connectivity index (χ1n) is 8.57. The van der Waals surface area contributed by atoms with Crippen molar-refractivity contribution in [1.82, 2.24) is 20.2 Å². The average molecular weight is 376 g/mol. The van der Waals surface area contributed by atoms with Crippen molar-refractivity contribution in [2.24, 2.45) is 0 Å². The number of aliphatic hydroxyl groups is 1. The third-order valence-corrected chi connectivity index (χ3v) is 4.37. The van der Waals surface area contributed by atoms with E-state index in [2.05, 4.69) is 15.4 Å². The lowest BCUT2D eigenvalue weighted by Gasteiger charge is -2.10. The molecular weight excluding hydrogens is 357 g/mol. The molecule has 1 unspecified atom stereocenters. The first kappa shape index (κ1) is 19.0. The zero-order valence-corrected chi connectivity index (χ0v) is 14.7. The molecule has 0 radical (unpaired) electrons. The van der Waals surface area contributed by atoms with E-state index >= 15 is 0 Å². The Morgan fingerprint density at radius 2 is 1.78 bits per heavy atom. The Bertz CT molecular complexity index is 886. The third kappa shape index (κ3) is 4.33. The first-order valence-corrected chi connectivity index (χ1v) is 8.57. The van der Waals surface area contributed by atoms with Crippen LogP contribution in [-0.2, 0) is 12.6 Å². The number of hydrogen-bond acceptors (Lipinski definition) is 4. The molecule has 1 atom stereocenters. The molecule has 2 aromatic carbocycles. The summed E-state index contributed by atoms with van der Waals surface area (Å²) in [7, 11) is 0. The number of benzene rings is 2. The van der Waals surface area contributed by atoms with E-state index in [0.29, 0.717) is 18.7 Å². The molecule has 0 saturated heterocycles. The maximum absolute atomic E-state index is 12.7. The minimum Gasteiger partial charge on any atom is -0.394 e. The smallest absolute Gasteiger partial charge is 0.394 e. The number of alkyl halides is 3. The van der Waals surface area contributed by atoms with E-state index < -0.39 is 11.7 Å². The molecule has 0 aliphatic carbocycles. The summed E-state index contributed by atoms with van der Waals surface area (Å²) in [6.07, 6.45) is -3.24. The summed E-state index contributed by atoms with van der Waals surface area (Å²) in [6, 6.07) is 12.3. The quantitative estimate of drug-likeness (QED) is 0.709. The Morgan fingerprint density at radius 1 is 1.07 bits per heavy atom. The predicted octanol–water partition coefficient (Wildman–Crippen LogP) is 3.89. The van der Waals surface area contributed by atoms with Gasteiger partial charge in [0, 0.05) is 5.56 Å². The predicted molar refractivity (Wildman–Crippen MR) is 93.9 cm³/mol. The maximum Gasteiger partial charge on any atom is 0.416 e. The van der Waals surface area contributed by atoms with Crippen molar-refractivity contribution in [3.8, 4) is 11.4 Å². The van der Waals surface area contributed by atoms with E-state index in [1.807, 2.05) is 31.2 Å². The second-order valence-electron chi connectivity index (χ2n) is 6.21. The molecule has 142 valence electrons. The van der Waals surface area contributed by atoms with Crippen LogP contribution in [0.3, 0.4) is 0 Å². The topological polar surface area (TPSA) is 63.8 Å². The van der Waals surface area contributed by atoms with Gasteiger partial charge in [-0.05, 0) is 41.3 Å². The lowest BCUT2D eigenvalue weighted by molar-refractivity contribution is -0.137. The number of nitrogens with zero attached hydrogens (tertiary/aromatic N) is 4. The Hall–Kier alpha value is -2.74. The molecule has 1 aromatic heterocycles. The van der Waals surface area contributed by atoms with E-state index in [1.165, 1.54) is 16.9 Å². The Morgan fingerprint density at radius 3 is 2.41 bits per heavy atom. The van der Waals surface area contributed by atoms with Crippen LogP contribution >= 0.6 is 0 Å². The van der Waals surface area contributed by atoms with Crippen molar-refractivity contribution in [2.45, 2.75) is 32.0 Å². The van der Waals surface area contributed by atoms with Crippen LogP contribution in [0.4, 0.5) is 13.2 Å². The molecule has 0 saturated carbocycles.